The van der Waals surface area contributed by atoms with Gasteiger partial charge in [-0.1, -0.05) is 56.3 Å². The molecule has 30 heavy (non-hydrogen) atoms. The van der Waals surface area contributed by atoms with Gasteiger partial charge in [-0.2, -0.15) is 0 Å². The number of ether oxygens (including phenoxy) is 1. The highest BCUT2D eigenvalue weighted by Gasteiger charge is 2.06. The van der Waals surface area contributed by atoms with Crippen LogP contribution in [-0.4, -0.2) is 22.1 Å². The summed E-state index contributed by atoms with van der Waals surface area (Å²) in [7, 11) is 0. The molecular formula is C25H27N3O2. The first-order valence-corrected chi connectivity index (χ1v) is 9.94. The van der Waals surface area contributed by atoms with Gasteiger partial charge in [-0.15, -0.1) is 0 Å². The molecule has 1 N–H and O–H groups in total. The minimum Gasteiger partial charge on any atom is -0.484 e. The van der Waals surface area contributed by atoms with Crippen LogP contribution >= 0.6 is 0 Å². The van der Waals surface area contributed by atoms with E-state index in [1.165, 1.54) is 0 Å². The lowest BCUT2D eigenvalue weighted by Gasteiger charge is -2.10. The molecule has 0 unspecified atom stereocenters. The third-order valence-electron chi connectivity index (χ3n) is 4.26. The summed E-state index contributed by atoms with van der Waals surface area (Å²) in [6.45, 7) is 3.94. The molecule has 1 heterocycles. The zero-order chi connectivity index (χ0) is 21.2. The highest BCUT2D eigenvalue weighted by Crippen LogP contribution is 2.22. The van der Waals surface area contributed by atoms with E-state index in [2.05, 4.69) is 10.3 Å². The number of imidazole rings is 1. The van der Waals surface area contributed by atoms with Crippen molar-refractivity contribution in [3.8, 4) is 22.6 Å². The lowest BCUT2D eigenvalue weighted by atomic mass is 10.1. The number of nitrogens with zero attached hydrogens (tertiary/aromatic N) is 2. The summed E-state index contributed by atoms with van der Waals surface area (Å²) in [5, 5.41) is 2.88. The molecule has 0 aliphatic rings. The lowest BCUT2D eigenvalue weighted by Crippen LogP contribution is -2.20. The van der Waals surface area contributed by atoms with Crippen LogP contribution < -0.4 is 10.1 Å². The van der Waals surface area contributed by atoms with E-state index < -0.39 is 0 Å². The second kappa shape index (κ2) is 10.6. The van der Waals surface area contributed by atoms with E-state index in [0.717, 1.165) is 22.5 Å². The van der Waals surface area contributed by atoms with Crippen LogP contribution in [0.4, 0.5) is 5.69 Å². The average Bonchev–Trinajstić information content (AvgIpc) is 3.35. The predicted octanol–water partition coefficient (Wildman–Crippen LogP) is 5.83. The maximum atomic E-state index is 12.2. The first-order chi connectivity index (χ1) is 14.8. The highest BCUT2D eigenvalue weighted by atomic mass is 16.5. The third kappa shape index (κ3) is 5.58. The van der Waals surface area contributed by atoms with Gasteiger partial charge in [-0.25, -0.2) is 4.98 Å². The Morgan fingerprint density at radius 3 is 2.40 bits per heavy atom. The van der Waals surface area contributed by atoms with Crippen molar-refractivity contribution in [3.05, 3.63) is 97.6 Å². The second-order valence-corrected chi connectivity index (χ2v) is 6.25. The minimum atomic E-state index is -0.205. The van der Waals surface area contributed by atoms with Gasteiger partial charge in [0.25, 0.3) is 5.91 Å². The molecule has 0 spiro atoms. The normalized spacial score (nSPS) is 9.93. The quantitative estimate of drug-likeness (QED) is 0.442. The number of amides is 1. The monoisotopic (exact) mass is 401 g/mol. The number of hydrogen-bond acceptors (Lipinski definition) is 3. The van der Waals surface area contributed by atoms with Crippen LogP contribution in [0.25, 0.3) is 16.8 Å². The van der Waals surface area contributed by atoms with Crippen molar-refractivity contribution in [2.75, 3.05) is 11.9 Å². The maximum Gasteiger partial charge on any atom is 0.262 e. The fourth-order valence-corrected chi connectivity index (χ4v) is 2.88. The summed E-state index contributed by atoms with van der Waals surface area (Å²) < 4.78 is 7.49. The summed E-state index contributed by atoms with van der Waals surface area (Å²) in [6.07, 6.45) is 5.32. The summed E-state index contributed by atoms with van der Waals surface area (Å²) in [5.41, 5.74) is 3.87. The first-order valence-electron chi connectivity index (χ1n) is 9.94. The van der Waals surface area contributed by atoms with E-state index in [1.807, 2.05) is 103 Å². The van der Waals surface area contributed by atoms with Gasteiger partial charge in [0.1, 0.15) is 5.75 Å². The standard InChI is InChI=1S/C23H19N3O2.C2H6.H2/c27-23(16-28-22-11-9-21(10-12-22)26-14-13-24-17-26)25-20-8-4-7-19(15-20)18-5-2-1-3-6-18;1-2;/h1-15,17H,16H2,(H,25,27);1-2H3;1H. The van der Waals surface area contributed by atoms with Gasteiger partial charge >= 0.3 is 0 Å². The molecule has 5 heteroatoms. The predicted molar refractivity (Wildman–Crippen MR) is 123 cm³/mol. The second-order valence-electron chi connectivity index (χ2n) is 6.25. The van der Waals surface area contributed by atoms with Gasteiger partial charge in [0.2, 0.25) is 0 Å². The van der Waals surface area contributed by atoms with Gasteiger partial charge in [-0.05, 0) is 47.5 Å². The van der Waals surface area contributed by atoms with Crippen LogP contribution in [0, 0.1) is 0 Å². The number of hydrogen-bond donors (Lipinski definition) is 1. The van der Waals surface area contributed by atoms with Crippen molar-refractivity contribution in [3.63, 3.8) is 0 Å². The molecule has 0 aliphatic heterocycles. The van der Waals surface area contributed by atoms with E-state index in [0.29, 0.717) is 5.75 Å². The van der Waals surface area contributed by atoms with Gasteiger partial charge < -0.3 is 14.6 Å². The summed E-state index contributed by atoms with van der Waals surface area (Å²) >= 11 is 0. The van der Waals surface area contributed by atoms with E-state index in [9.17, 15) is 4.79 Å². The SMILES string of the molecule is CC.O=C(COc1ccc(-n2ccnc2)cc1)Nc1cccc(-c2ccccc2)c1.[HH]. The zero-order valence-corrected chi connectivity index (χ0v) is 17.2. The number of nitrogens with one attached hydrogen (secondary N) is 1. The molecular weight excluding hydrogens is 374 g/mol. The van der Waals surface area contributed by atoms with Crippen LogP contribution in [0.5, 0.6) is 5.75 Å². The zero-order valence-electron chi connectivity index (χ0n) is 17.2. The molecule has 1 amide bonds. The fraction of sp³-hybridized carbons (Fsp3) is 0.120. The summed E-state index contributed by atoms with van der Waals surface area (Å²) in [6, 6.07) is 25.3. The number of rotatable bonds is 6. The molecule has 4 aromatic rings. The minimum absolute atomic E-state index is 0. The Morgan fingerprint density at radius 2 is 1.70 bits per heavy atom. The number of aromatic nitrogens is 2. The van der Waals surface area contributed by atoms with Crippen LogP contribution in [0.2, 0.25) is 0 Å². The Labute approximate surface area is 178 Å². The topological polar surface area (TPSA) is 56.2 Å². The van der Waals surface area contributed by atoms with Crippen molar-refractivity contribution in [1.29, 1.82) is 0 Å². The van der Waals surface area contributed by atoms with E-state index >= 15 is 0 Å². The number of anilines is 1. The summed E-state index contributed by atoms with van der Waals surface area (Å²) in [5.74, 6) is 0.431. The number of carbonyl (C=O) groups is 1. The Kier molecular flexibility index (Phi) is 7.39. The smallest absolute Gasteiger partial charge is 0.262 e. The molecule has 3 aromatic carbocycles. The lowest BCUT2D eigenvalue weighted by molar-refractivity contribution is -0.118. The Bertz CT molecular complexity index is 1050. The van der Waals surface area contributed by atoms with Crippen molar-refractivity contribution >= 4 is 11.6 Å². The third-order valence-corrected chi connectivity index (χ3v) is 4.26. The van der Waals surface area contributed by atoms with Crippen molar-refractivity contribution in [2.45, 2.75) is 13.8 Å². The average molecular weight is 402 g/mol. The fourth-order valence-electron chi connectivity index (χ4n) is 2.88. The molecule has 0 saturated carbocycles. The Morgan fingerprint density at radius 1 is 0.967 bits per heavy atom. The molecule has 0 radical (unpaired) electrons. The Balaban J connectivity index is 0.00000111. The van der Waals surface area contributed by atoms with Crippen molar-refractivity contribution < 1.29 is 11.0 Å². The molecule has 0 aliphatic carbocycles. The van der Waals surface area contributed by atoms with Crippen LogP contribution in [0.15, 0.2) is 97.6 Å². The van der Waals surface area contributed by atoms with Gasteiger partial charge in [0.15, 0.2) is 6.61 Å². The Hall–Kier alpha value is -3.86. The maximum absolute atomic E-state index is 12.2. The van der Waals surface area contributed by atoms with E-state index in [1.54, 1.807) is 12.5 Å². The molecule has 4 rings (SSSR count). The van der Waals surface area contributed by atoms with Crippen LogP contribution in [0.1, 0.15) is 15.3 Å². The molecule has 5 nitrogen and oxygen atoms in total. The van der Waals surface area contributed by atoms with Crippen molar-refractivity contribution in [2.24, 2.45) is 0 Å². The summed E-state index contributed by atoms with van der Waals surface area (Å²) in [4.78, 5) is 16.3. The first kappa shape index (κ1) is 20.9. The molecule has 0 bridgehead atoms. The molecule has 1 aromatic heterocycles. The van der Waals surface area contributed by atoms with Crippen LogP contribution in [0.3, 0.4) is 0 Å². The van der Waals surface area contributed by atoms with E-state index in [4.69, 9.17) is 4.74 Å². The largest absolute Gasteiger partial charge is 0.484 e. The highest BCUT2D eigenvalue weighted by molar-refractivity contribution is 5.92. The number of carbonyl (C=O) groups excluding carboxylic acids is 1. The molecule has 0 fully saturated rings. The van der Waals surface area contributed by atoms with Crippen LogP contribution in [-0.2, 0) is 4.79 Å². The molecule has 0 saturated heterocycles. The van der Waals surface area contributed by atoms with Gasteiger partial charge in [0.05, 0.1) is 6.33 Å². The van der Waals surface area contributed by atoms with Gasteiger partial charge in [0, 0.05) is 25.2 Å². The molecule has 0 atom stereocenters. The van der Waals surface area contributed by atoms with E-state index in [-0.39, 0.29) is 13.9 Å². The van der Waals surface area contributed by atoms with Crippen molar-refractivity contribution in [1.82, 2.24) is 9.55 Å². The number of benzene rings is 3. The van der Waals surface area contributed by atoms with Gasteiger partial charge in [-0.3, -0.25) is 4.79 Å². The molecule has 154 valence electrons.